The minimum atomic E-state index is -0.783. The van der Waals surface area contributed by atoms with Gasteiger partial charge in [0.05, 0.1) is 11.1 Å². The highest BCUT2D eigenvalue weighted by molar-refractivity contribution is 7.98. The fourth-order valence-corrected chi connectivity index (χ4v) is 2.65. The van der Waals surface area contributed by atoms with E-state index in [-0.39, 0.29) is 5.82 Å². The number of nitrogens with one attached hydrogen (secondary N) is 1. The van der Waals surface area contributed by atoms with Gasteiger partial charge in [-0.3, -0.25) is 4.98 Å². The van der Waals surface area contributed by atoms with E-state index in [4.69, 9.17) is 0 Å². The summed E-state index contributed by atoms with van der Waals surface area (Å²) in [6.45, 7) is 2.23. The van der Waals surface area contributed by atoms with Crippen molar-refractivity contribution >= 4 is 28.4 Å². The number of aromatic nitrogens is 1. The molecular weight excluding hydrogens is 263 g/mol. The molecule has 2 N–H and O–H groups in total. The summed E-state index contributed by atoms with van der Waals surface area (Å²) in [5.74, 6) is 0.351. The van der Waals surface area contributed by atoms with Crippen molar-refractivity contribution in [2.24, 2.45) is 0 Å². The molecule has 2 aromatic rings. The molecule has 1 aromatic carbocycles. The predicted molar refractivity (Wildman–Crippen MR) is 79.2 cm³/mol. The van der Waals surface area contributed by atoms with Crippen LogP contribution in [0, 0.1) is 5.82 Å². The molecule has 0 unspecified atom stereocenters. The first-order chi connectivity index (χ1) is 9.02. The fraction of sp³-hybridized carbons (Fsp3) is 0.357. The van der Waals surface area contributed by atoms with Crippen LogP contribution in [0.1, 0.15) is 6.92 Å². The number of benzene rings is 1. The van der Waals surface area contributed by atoms with Crippen LogP contribution in [0.25, 0.3) is 10.9 Å². The number of hydrogen-bond acceptors (Lipinski definition) is 4. The molecule has 0 aliphatic heterocycles. The number of rotatable bonds is 5. The molecular formula is C14H17FN2OS. The average Bonchev–Trinajstić information content (AvgIpc) is 2.36. The second-order valence-corrected chi connectivity index (χ2v) is 5.67. The van der Waals surface area contributed by atoms with Gasteiger partial charge in [0.1, 0.15) is 5.82 Å². The molecule has 0 radical (unpaired) electrons. The molecule has 0 spiro atoms. The Kier molecular flexibility index (Phi) is 4.27. The third-order valence-corrected chi connectivity index (χ3v) is 3.73. The van der Waals surface area contributed by atoms with Crippen molar-refractivity contribution in [2.75, 3.05) is 23.9 Å². The Balaban J connectivity index is 2.21. The topological polar surface area (TPSA) is 45.1 Å². The van der Waals surface area contributed by atoms with Crippen molar-refractivity contribution in [3.63, 3.8) is 0 Å². The summed E-state index contributed by atoms with van der Waals surface area (Å²) in [5, 5.41) is 14.2. The lowest BCUT2D eigenvalue weighted by Gasteiger charge is -2.23. The van der Waals surface area contributed by atoms with E-state index >= 15 is 0 Å². The van der Waals surface area contributed by atoms with Crippen molar-refractivity contribution in [1.29, 1.82) is 0 Å². The Hall–Kier alpha value is -1.33. The Morgan fingerprint density at radius 2 is 2.21 bits per heavy atom. The van der Waals surface area contributed by atoms with Crippen molar-refractivity contribution < 1.29 is 9.50 Å². The molecule has 1 aromatic heterocycles. The summed E-state index contributed by atoms with van der Waals surface area (Å²) in [6, 6.07) is 6.34. The summed E-state index contributed by atoms with van der Waals surface area (Å²) in [7, 11) is 0. The van der Waals surface area contributed by atoms with Crippen LogP contribution in [0.3, 0.4) is 0 Å². The highest BCUT2D eigenvalue weighted by Gasteiger charge is 2.19. The van der Waals surface area contributed by atoms with Gasteiger partial charge < -0.3 is 10.4 Å². The smallest absolute Gasteiger partial charge is 0.125 e. The van der Waals surface area contributed by atoms with Crippen LogP contribution in [-0.4, -0.2) is 34.2 Å². The molecule has 0 saturated carbocycles. The van der Waals surface area contributed by atoms with Gasteiger partial charge in [-0.15, -0.1) is 0 Å². The zero-order chi connectivity index (χ0) is 13.9. The zero-order valence-electron chi connectivity index (χ0n) is 11.0. The number of anilines is 1. The molecule has 0 amide bonds. The first-order valence-electron chi connectivity index (χ1n) is 6.01. The molecule has 19 heavy (non-hydrogen) atoms. The van der Waals surface area contributed by atoms with E-state index in [0.29, 0.717) is 17.8 Å². The first kappa shape index (κ1) is 14.1. The van der Waals surface area contributed by atoms with Gasteiger partial charge in [-0.25, -0.2) is 4.39 Å². The highest BCUT2D eigenvalue weighted by Crippen LogP contribution is 2.23. The summed E-state index contributed by atoms with van der Waals surface area (Å²) in [4.78, 5) is 4.14. The monoisotopic (exact) mass is 280 g/mol. The lowest BCUT2D eigenvalue weighted by atomic mass is 10.1. The standard InChI is InChI=1S/C14H17FN2OS/c1-14(18,9-19-2)8-17-12-5-6-16-13-7-10(15)3-4-11(12)13/h3-7,18H,8-9H2,1-2H3,(H,16,17)/t14-/m0/s1. The van der Waals surface area contributed by atoms with E-state index in [0.717, 1.165) is 11.1 Å². The molecule has 0 aliphatic carbocycles. The minimum absolute atomic E-state index is 0.300. The quantitative estimate of drug-likeness (QED) is 0.884. The van der Waals surface area contributed by atoms with Crippen molar-refractivity contribution in [2.45, 2.75) is 12.5 Å². The SMILES string of the molecule is CSC[C@@](C)(O)CNc1ccnc2cc(F)ccc12. The number of nitrogens with zero attached hydrogens (tertiary/aromatic N) is 1. The van der Waals surface area contributed by atoms with Gasteiger partial charge in [-0.1, -0.05) is 0 Å². The van der Waals surface area contributed by atoms with E-state index in [1.54, 1.807) is 30.9 Å². The lowest BCUT2D eigenvalue weighted by molar-refractivity contribution is 0.0997. The first-order valence-corrected chi connectivity index (χ1v) is 7.41. The Morgan fingerprint density at radius 1 is 1.42 bits per heavy atom. The Bertz CT molecular complexity index is 574. The molecule has 1 heterocycles. The van der Waals surface area contributed by atoms with Gasteiger partial charge in [0, 0.05) is 35.6 Å². The van der Waals surface area contributed by atoms with E-state index in [1.165, 1.54) is 12.1 Å². The Morgan fingerprint density at radius 3 is 2.95 bits per heavy atom. The van der Waals surface area contributed by atoms with E-state index < -0.39 is 5.60 Å². The molecule has 0 fully saturated rings. The molecule has 2 rings (SSSR count). The highest BCUT2D eigenvalue weighted by atomic mass is 32.2. The van der Waals surface area contributed by atoms with Crippen molar-refractivity contribution in [1.82, 2.24) is 4.98 Å². The Labute approximate surface area is 116 Å². The van der Waals surface area contributed by atoms with Crippen LogP contribution in [0.15, 0.2) is 30.5 Å². The molecule has 0 aliphatic rings. The van der Waals surface area contributed by atoms with E-state index in [2.05, 4.69) is 10.3 Å². The van der Waals surface area contributed by atoms with Crippen LogP contribution >= 0.6 is 11.8 Å². The number of aliphatic hydroxyl groups is 1. The molecule has 1 atom stereocenters. The fourth-order valence-electron chi connectivity index (χ4n) is 1.92. The van der Waals surface area contributed by atoms with Gasteiger partial charge in [0.25, 0.3) is 0 Å². The van der Waals surface area contributed by atoms with E-state index in [9.17, 15) is 9.50 Å². The normalized spacial score (nSPS) is 14.3. The van der Waals surface area contributed by atoms with Gasteiger partial charge >= 0.3 is 0 Å². The maximum atomic E-state index is 13.1. The van der Waals surface area contributed by atoms with Crippen LogP contribution in [0.5, 0.6) is 0 Å². The van der Waals surface area contributed by atoms with Gasteiger partial charge in [0.15, 0.2) is 0 Å². The largest absolute Gasteiger partial charge is 0.387 e. The number of fused-ring (bicyclic) bond motifs is 1. The van der Waals surface area contributed by atoms with Gasteiger partial charge in [0.2, 0.25) is 0 Å². The van der Waals surface area contributed by atoms with Crippen LogP contribution < -0.4 is 5.32 Å². The lowest BCUT2D eigenvalue weighted by Crippen LogP contribution is -2.36. The molecule has 102 valence electrons. The number of hydrogen-bond donors (Lipinski definition) is 2. The zero-order valence-corrected chi connectivity index (χ0v) is 11.8. The molecule has 3 nitrogen and oxygen atoms in total. The summed E-state index contributed by atoms with van der Waals surface area (Å²) >= 11 is 1.60. The van der Waals surface area contributed by atoms with Gasteiger partial charge in [-0.05, 0) is 31.4 Å². The maximum absolute atomic E-state index is 13.1. The van der Waals surface area contributed by atoms with Crippen molar-refractivity contribution in [3.05, 3.63) is 36.3 Å². The van der Waals surface area contributed by atoms with Crippen LogP contribution in [0.2, 0.25) is 0 Å². The third kappa shape index (κ3) is 3.58. The number of halogens is 1. The minimum Gasteiger partial charge on any atom is -0.387 e. The number of thioether (sulfide) groups is 1. The second-order valence-electron chi connectivity index (χ2n) is 4.80. The second kappa shape index (κ2) is 5.75. The molecule has 0 saturated heterocycles. The van der Waals surface area contributed by atoms with Crippen LogP contribution in [-0.2, 0) is 0 Å². The summed E-state index contributed by atoms with van der Waals surface area (Å²) < 4.78 is 13.1. The third-order valence-electron chi connectivity index (χ3n) is 2.82. The summed E-state index contributed by atoms with van der Waals surface area (Å²) in [5.41, 5.74) is 0.676. The number of pyridine rings is 1. The van der Waals surface area contributed by atoms with E-state index in [1.807, 2.05) is 12.3 Å². The summed E-state index contributed by atoms with van der Waals surface area (Å²) in [6.07, 6.45) is 3.59. The van der Waals surface area contributed by atoms with Crippen LogP contribution in [0.4, 0.5) is 10.1 Å². The molecule has 0 bridgehead atoms. The van der Waals surface area contributed by atoms with Crippen molar-refractivity contribution in [3.8, 4) is 0 Å². The maximum Gasteiger partial charge on any atom is 0.125 e. The van der Waals surface area contributed by atoms with Gasteiger partial charge in [-0.2, -0.15) is 11.8 Å². The predicted octanol–water partition coefficient (Wildman–Crippen LogP) is 2.90. The average molecular weight is 280 g/mol. The molecule has 5 heteroatoms.